The minimum Gasteiger partial charge on any atom is -0.299 e. The molecule has 0 amide bonds. The van der Waals surface area contributed by atoms with Gasteiger partial charge in [0.25, 0.3) is 0 Å². The van der Waals surface area contributed by atoms with Gasteiger partial charge in [0.05, 0.1) is 0 Å². The van der Waals surface area contributed by atoms with Gasteiger partial charge >= 0.3 is 0 Å². The first-order valence-electron chi connectivity index (χ1n) is 9.24. The van der Waals surface area contributed by atoms with Gasteiger partial charge in [-0.15, -0.1) is 0 Å². The van der Waals surface area contributed by atoms with E-state index in [1.807, 2.05) is 17.8 Å². The van der Waals surface area contributed by atoms with Crippen molar-refractivity contribution in [3.63, 3.8) is 0 Å². The van der Waals surface area contributed by atoms with Gasteiger partial charge in [-0.05, 0) is 35.0 Å². The largest absolute Gasteiger partial charge is 0.299 e. The van der Waals surface area contributed by atoms with Crippen LogP contribution in [0.2, 0.25) is 0 Å². The van der Waals surface area contributed by atoms with Gasteiger partial charge in [0.2, 0.25) is 0 Å². The average molecular weight is 404 g/mol. The van der Waals surface area contributed by atoms with Crippen LogP contribution in [0.1, 0.15) is 5.56 Å². The van der Waals surface area contributed by atoms with E-state index >= 15 is 0 Å². The van der Waals surface area contributed by atoms with E-state index in [1.54, 1.807) is 0 Å². The molecule has 1 aromatic heterocycles. The normalized spacial score (nSPS) is 10.9. The van der Waals surface area contributed by atoms with E-state index in [1.165, 1.54) is 16.7 Å². The van der Waals surface area contributed by atoms with Crippen molar-refractivity contribution in [1.82, 2.24) is 14.8 Å². The number of benzene rings is 3. The van der Waals surface area contributed by atoms with E-state index < -0.39 is 0 Å². The fourth-order valence-corrected chi connectivity index (χ4v) is 4.24. The lowest BCUT2D eigenvalue weighted by atomic mass is 10.0. The van der Waals surface area contributed by atoms with Gasteiger partial charge in [0.15, 0.2) is 10.6 Å². The number of aromatic nitrogens is 3. The fraction of sp³-hybridized carbons (Fsp3) is 0.130. The van der Waals surface area contributed by atoms with Crippen LogP contribution in [0, 0.1) is 4.77 Å². The van der Waals surface area contributed by atoms with Crippen LogP contribution in [0.25, 0.3) is 22.5 Å². The average Bonchev–Trinajstić information content (AvgIpc) is 3.13. The van der Waals surface area contributed by atoms with E-state index in [-0.39, 0.29) is 0 Å². The minimum atomic E-state index is 0.667. The highest BCUT2D eigenvalue weighted by molar-refractivity contribution is 7.98. The Hall–Kier alpha value is -2.63. The number of nitrogens with one attached hydrogen (secondary N) is 1. The maximum absolute atomic E-state index is 5.48. The van der Waals surface area contributed by atoms with Crippen molar-refractivity contribution in [1.29, 1.82) is 0 Å². The Morgan fingerprint density at radius 1 is 0.821 bits per heavy atom. The molecule has 0 radical (unpaired) electrons. The first-order chi connectivity index (χ1) is 13.8. The highest BCUT2D eigenvalue weighted by Gasteiger charge is 2.10. The Balaban J connectivity index is 1.50. The summed E-state index contributed by atoms with van der Waals surface area (Å²) in [6.07, 6.45) is 0. The van der Waals surface area contributed by atoms with E-state index in [0.717, 1.165) is 29.4 Å². The van der Waals surface area contributed by atoms with Crippen molar-refractivity contribution in [3.05, 3.63) is 95.3 Å². The standard InChI is InChI=1S/C23H21N3S2/c27-23-25-24-22(26(23)14-15-28-17-18-8-3-1-4-9-18)21-13-7-12-20(16-21)19-10-5-2-6-11-19/h1-13,16H,14-15,17H2,(H,25,27). The maximum atomic E-state index is 5.48. The second-order valence-electron chi connectivity index (χ2n) is 6.49. The topological polar surface area (TPSA) is 33.6 Å². The molecule has 5 heteroatoms. The number of hydrogen-bond acceptors (Lipinski definition) is 3. The zero-order valence-corrected chi connectivity index (χ0v) is 17.0. The number of hydrogen-bond donors (Lipinski definition) is 1. The molecular weight excluding hydrogens is 382 g/mol. The Kier molecular flexibility index (Phi) is 6.04. The zero-order valence-electron chi connectivity index (χ0n) is 15.4. The molecule has 28 heavy (non-hydrogen) atoms. The summed E-state index contributed by atoms with van der Waals surface area (Å²) in [6, 6.07) is 29.4. The lowest BCUT2D eigenvalue weighted by Gasteiger charge is -2.09. The van der Waals surface area contributed by atoms with E-state index in [4.69, 9.17) is 12.2 Å². The first-order valence-corrected chi connectivity index (χ1v) is 10.8. The fourth-order valence-electron chi connectivity index (χ4n) is 3.13. The lowest BCUT2D eigenvalue weighted by molar-refractivity contribution is 0.764. The third-order valence-electron chi connectivity index (χ3n) is 4.56. The monoisotopic (exact) mass is 403 g/mol. The Bertz CT molecular complexity index is 1090. The van der Waals surface area contributed by atoms with Gasteiger partial charge < -0.3 is 0 Å². The molecule has 140 valence electrons. The van der Waals surface area contributed by atoms with Gasteiger partial charge in [0, 0.05) is 23.6 Å². The first kappa shape index (κ1) is 18.7. The highest BCUT2D eigenvalue weighted by Crippen LogP contribution is 2.25. The zero-order chi connectivity index (χ0) is 19.2. The summed E-state index contributed by atoms with van der Waals surface area (Å²) in [5, 5.41) is 7.45. The summed E-state index contributed by atoms with van der Waals surface area (Å²) in [6.45, 7) is 0.831. The number of rotatable bonds is 7. The summed E-state index contributed by atoms with van der Waals surface area (Å²) >= 11 is 7.39. The van der Waals surface area contributed by atoms with Gasteiger partial charge in [-0.1, -0.05) is 78.9 Å². The molecule has 0 aliphatic heterocycles. The van der Waals surface area contributed by atoms with Crippen molar-refractivity contribution in [2.24, 2.45) is 0 Å². The Morgan fingerprint density at radius 2 is 1.50 bits per heavy atom. The molecule has 0 saturated carbocycles. The van der Waals surface area contributed by atoms with Gasteiger partial charge in [-0.3, -0.25) is 9.67 Å². The Morgan fingerprint density at radius 3 is 2.29 bits per heavy atom. The molecule has 1 N–H and O–H groups in total. The molecule has 4 rings (SSSR count). The molecule has 0 saturated heterocycles. The van der Waals surface area contributed by atoms with Crippen LogP contribution in [0.4, 0.5) is 0 Å². The molecule has 0 spiro atoms. The van der Waals surface area contributed by atoms with Crippen LogP contribution in [0.15, 0.2) is 84.9 Å². The Labute approximate surface area is 174 Å². The van der Waals surface area contributed by atoms with Crippen molar-refractivity contribution in [3.8, 4) is 22.5 Å². The van der Waals surface area contributed by atoms with Gasteiger partial charge in [-0.25, -0.2) is 0 Å². The SMILES string of the molecule is S=c1[nH]nc(-c2cccc(-c3ccccc3)c2)n1CCSCc1ccccc1. The molecule has 1 heterocycles. The molecular formula is C23H21N3S2. The molecule has 3 aromatic carbocycles. The number of H-pyrrole nitrogens is 1. The van der Waals surface area contributed by atoms with Crippen LogP contribution in [0.3, 0.4) is 0 Å². The number of thioether (sulfide) groups is 1. The maximum Gasteiger partial charge on any atom is 0.195 e. The molecule has 0 aliphatic carbocycles. The molecule has 0 aliphatic rings. The predicted octanol–water partition coefficient (Wildman–Crippen LogP) is 6.21. The molecule has 0 fully saturated rings. The van der Waals surface area contributed by atoms with Crippen LogP contribution in [-0.4, -0.2) is 20.5 Å². The molecule has 3 nitrogen and oxygen atoms in total. The molecule has 0 bridgehead atoms. The molecule has 4 aromatic rings. The smallest absolute Gasteiger partial charge is 0.195 e. The van der Waals surface area contributed by atoms with Gasteiger partial charge in [0.1, 0.15) is 0 Å². The van der Waals surface area contributed by atoms with Crippen molar-refractivity contribution >= 4 is 24.0 Å². The van der Waals surface area contributed by atoms with E-state index in [0.29, 0.717) is 4.77 Å². The van der Waals surface area contributed by atoms with Gasteiger partial charge in [-0.2, -0.15) is 16.9 Å². The van der Waals surface area contributed by atoms with Crippen LogP contribution in [0.5, 0.6) is 0 Å². The van der Waals surface area contributed by atoms with Crippen LogP contribution >= 0.6 is 24.0 Å². The predicted molar refractivity (Wildman–Crippen MR) is 121 cm³/mol. The summed E-state index contributed by atoms with van der Waals surface area (Å²) in [4.78, 5) is 0. The summed E-state index contributed by atoms with van der Waals surface area (Å²) < 4.78 is 2.76. The summed E-state index contributed by atoms with van der Waals surface area (Å²) in [5.74, 6) is 2.88. The quantitative estimate of drug-likeness (QED) is 0.294. The number of aromatic amines is 1. The van der Waals surface area contributed by atoms with Crippen LogP contribution < -0.4 is 0 Å². The van der Waals surface area contributed by atoms with Crippen molar-refractivity contribution in [2.75, 3.05) is 5.75 Å². The summed E-state index contributed by atoms with van der Waals surface area (Å²) in [7, 11) is 0. The number of nitrogens with zero attached hydrogens (tertiary/aromatic N) is 2. The van der Waals surface area contributed by atoms with Crippen LogP contribution in [-0.2, 0) is 12.3 Å². The third-order valence-corrected chi connectivity index (χ3v) is 5.88. The van der Waals surface area contributed by atoms with Crippen molar-refractivity contribution < 1.29 is 0 Å². The van der Waals surface area contributed by atoms with E-state index in [9.17, 15) is 0 Å². The third kappa shape index (κ3) is 4.43. The second kappa shape index (κ2) is 9.04. The summed E-state index contributed by atoms with van der Waals surface area (Å²) in [5.41, 5.74) is 4.79. The second-order valence-corrected chi connectivity index (χ2v) is 7.98. The van der Waals surface area contributed by atoms with Crippen molar-refractivity contribution in [2.45, 2.75) is 12.3 Å². The lowest BCUT2D eigenvalue weighted by Crippen LogP contribution is -2.03. The minimum absolute atomic E-state index is 0.667. The molecule has 0 atom stereocenters. The van der Waals surface area contributed by atoms with E-state index in [2.05, 4.69) is 93.6 Å². The highest BCUT2D eigenvalue weighted by atomic mass is 32.2. The molecule has 0 unspecified atom stereocenters.